The van der Waals surface area contributed by atoms with Gasteiger partial charge in [0.1, 0.15) is 0 Å². The van der Waals surface area contributed by atoms with E-state index in [0.29, 0.717) is 19.5 Å². The first kappa shape index (κ1) is 20.8. The highest BCUT2D eigenvalue weighted by Gasteiger charge is 2.32. The third-order valence-corrected chi connectivity index (χ3v) is 7.21. The van der Waals surface area contributed by atoms with Crippen molar-refractivity contribution in [2.75, 3.05) is 37.7 Å². The van der Waals surface area contributed by atoms with Crippen LogP contribution in [-0.4, -0.2) is 73.9 Å². The number of amides is 1. The number of ether oxygens (including phenoxy) is 1. The Labute approximate surface area is 166 Å². The molecule has 1 aromatic rings. The first-order valence-corrected chi connectivity index (χ1v) is 11.6. The maximum Gasteiger partial charge on any atom is 0.306 e. The standard InChI is InChI=1S/C20H28N2O5S/c1-16(27-19(23)13-18-7-12-28(25,26)15-18)20(24)22-10-8-21(9-11-22)14-17-5-3-2-4-6-17/h2-6,16,18H,7-15H2,1H3. The van der Waals surface area contributed by atoms with Gasteiger partial charge in [0.25, 0.3) is 5.91 Å². The Hall–Kier alpha value is -1.93. The molecule has 2 fully saturated rings. The maximum atomic E-state index is 12.6. The number of carbonyl (C=O) groups is 2. The Balaban J connectivity index is 1.41. The van der Waals surface area contributed by atoms with Crippen LogP contribution in [0, 0.1) is 5.92 Å². The van der Waals surface area contributed by atoms with Crippen molar-refractivity contribution in [2.24, 2.45) is 5.92 Å². The quantitative estimate of drug-likeness (QED) is 0.655. The molecule has 7 nitrogen and oxygen atoms in total. The summed E-state index contributed by atoms with van der Waals surface area (Å²) >= 11 is 0. The van der Waals surface area contributed by atoms with Gasteiger partial charge in [-0.3, -0.25) is 14.5 Å². The fourth-order valence-corrected chi connectivity index (χ4v) is 5.65. The second-order valence-electron chi connectivity index (χ2n) is 7.69. The van der Waals surface area contributed by atoms with E-state index in [9.17, 15) is 18.0 Å². The van der Waals surface area contributed by atoms with Crippen molar-refractivity contribution in [2.45, 2.75) is 32.4 Å². The number of rotatable bonds is 6. The summed E-state index contributed by atoms with van der Waals surface area (Å²) in [6, 6.07) is 10.2. The molecule has 0 radical (unpaired) electrons. The first-order chi connectivity index (χ1) is 13.3. The zero-order chi connectivity index (χ0) is 20.1. The lowest BCUT2D eigenvalue weighted by molar-refractivity contribution is -0.160. The third-order valence-electron chi connectivity index (χ3n) is 5.37. The van der Waals surface area contributed by atoms with Gasteiger partial charge in [-0.15, -0.1) is 0 Å². The molecule has 1 aromatic carbocycles. The van der Waals surface area contributed by atoms with Gasteiger partial charge in [0, 0.05) is 39.1 Å². The van der Waals surface area contributed by atoms with E-state index in [1.165, 1.54) is 5.56 Å². The molecule has 0 N–H and O–H groups in total. The number of esters is 1. The highest BCUT2D eigenvalue weighted by Crippen LogP contribution is 2.22. The Kier molecular flexibility index (Phi) is 6.72. The Morgan fingerprint density at radius 1 is 1.14 bits per heavy atom. The van der Waals surface area contributed by atoms with Crippen molar-refractivity contribution in [3.63, 3.8) is 0 Å². The van der Waals surface area contributed by atoms with Gasteiger partial charge in [0.05, 0.1) is 11.5 Å². The summed E-state index contributed by atoms with van der Waals surface area (Å²) in [5.41, 5.74) is 1.25. The lowest BCUT2D eigenvalue weighted by Crippen LogP contribution is -2.51. The highest BCUT2D eigenvalue weighted by molar-refractivity contribution is 7.91. The van der Waals surface area contributed by atoms with Crippen molar-refractivity contribution >= 4 is 21.7 Å². The average Bonchev–Trinajstić information content (AvgIpc) is 3.00. The summed E-state index contributed by atoms with van der Waals surface area (Å²) in [4.78, 5) is 28.7. The molecule has 0 spiro atoms. The molecule has 3 rings (SSSR count). The summed E-state index contributed by atoms with van der Waals surface area (Å²) in [5.74, 6) is -0.709. The van der Waals surface area contributed by atoms with Gasteiger partial charge < -0.3 is 9.64 Å². The molecule has 2 aliphatic heterocycles. The van der Waals surface area contributed by atoms with Crippen LogP contribution in [0.2, 0.25) is 0 Å². The maximum absolute atomic E-state index is 12.6. The largest absolute Gasteiger partial charge is 0.453 e. The normalized spacial score (nSPS) is 23.3. The van der Waals surface area contributed by atoms with Crippen molar-refractivity contribution in [1.29, 1.82) is 0 Å². The van der Waals surface area contributed by atoms with Crippen molar-refractivity contribution in [1.82, 2.24) is 9.80 Å². The number of piperazine rings is 1. The van der Waals surface area contributed by atoms with E-state index >= 15 is 0 Å². The molecule has 2 unspecified atom stereocenters. The van der Waals surface area contributed by atoms with Gasteiger partial charge >= 0.3 is 5.97 Å². The minimum atomic E-state index is -3.02. The van der Waals surface area contributed by atoms with Crippen molar-refractivity contribution < 1.29 is 22.7 Å². The molecule has 1 amide bonds. The van der Waals surface area contributed by atoms with Crippen molar-refractivity contribution in [3.8, 4) is 0 Å². The molecule has 0 saturated carbocycles. The van der Waals surface area contributed by atoms with E-state index in [1.807, 2.05) is 18.2 Å². The van der Waals surface area contributed by atoms with Crippen LogP contribution in [-0.2, 0) is 30.7 Å². The van der Waals surface area contributed by atoms with Crippen LogP contribution in [0.1, 0.15) is 25.3 Å². The molecule has 0 aromatic heterocycles. The molecule has 154 valence electrons. The van der Waals surface area contributed by atoms with Crippen LogP contribution < -0.4 is 0 Å². The lowest BCUT2D eigenvalue weighted by atomic mass is 10.1. The zero-order valence-corrected chi connectivity index (χ0v) is 17.1. The molecule has 0 bridgehead atoms. The molecule has 28 heavy (non-hydrogen) atoms. The van der Waals surface area contributed by atoms with E-state index in [-0.39, 0.29) is 29.8 Å². The minimum Gasteiger partial charge on any atom is -0.453 e. The summed E-state index contributed by atoms with van der Waals surface area (Å²) in [7, 11) is -3.02. The molecule has 2 aliphatic rings. The minimum absolute atomic E-state index is 0.0355. The number of nitrogens with zero attached hydrogens (tertiary/aromatic N) is 2. The SMILES string of the molecule is CC(OC(=O)CC1CCS(=O)(=O)C1)C(=O)N1CCN(Cc2ccccc2)CC1. The van der Waals surface area contributed by atoms with Gasteiger partial charge in [0.2, 0.25) is 0 Å². The van der Waals surface area contributed by atoms with Gasteiger partial charge in [0.15, 0.2) is 15.9 Å². The Bertz CT molecular complexity index is 788. The summed E-state index contributed by atoms with van der Waals surface area (Å²) in [5, 5.41) is 0. The van der Waals surface area contributed by atoms with Crippen LogP contribution in [0.25, 0.3) is 0 Å². The van der Waals surface area contributed by atoms with Crippen LogP contribution in [0.4, 0.5) is 0 Å². The third kappa shape index (κ3) is 5.78. The number of carbonyl (C=O) groups excluding carboxylic acids is 2. The van der Waals surface area contributed by atoms with Gasteiger partial charge in [-0.1, -0.05) is 30.3 Å². The summed E-state index contributed by atoms with van der Waals surface area (Å²) in [6.45, 7) is 5.21. The highest BCUT2D eigenvalue weighted by atomic mass is 32.2. The smallest absolute Gasteiger partial charge is 0.306 e. The van der Waals surface area contributed by atoms with E-state index in [2.05, 4.69) is 17.0 Å². The fraction of sp³-hybridized carbons (Fsp3) is 0.600. The Morgan fingerprint density at radius 2 is 1.82 bits per heavy atom. The molecule has 2 heterocycles. The van der Waals surface area contributed by atoms with Crippen LogP contribution in [0.3, 0.4) is 0 Å². The van der Waals surface area contributed by atoms with E-state index in [1.54, 1.807) is 11.8 Å². The second-order valence-corrected chi connectivity index (χ2v) is 9.92. The van der Waals surface area contributed by atoms with Gasteiger partial charge in [-0.2, -0.15) is 0 Å². The summed E-state index contributed by atoms with van der Waals surface area (Å²) < 4.78 is 28.2. The molecule has 2 atom stereocenters. The molecular formula is C20H28N2O5S. The van der Waals surface area contributed by atoms with E-state index in [4.69, 9.17) is 4.74 Å². The zero-order valence-electron chi connectivity index (χ0n) is 16.2. The van der Waals surface area contributed by atoms with Gasteiger partial charge in [-0.25, -0.2) is 8.42 Å². The topological polar surface area (TPSA) is 84.0 Å². The average molecular weight is 409 g/mol. The number of benzene rings is 1. The molecular weight excluding hydrogens is 380 g/mol. The van der Waals surface area contributed by atoms with Crippen LogP contribution >= 0.6 is 0 Å². The number of hydrogen-bond donors (Lipinski definition) is 0. The van der Waals surface area contributed by atoms with Crippen LogP contribution in [0.15, 0.2) is 30.3 Å². The number of hydrogen-bond acceptors (Lipinski definition) is 6. The lowest BCUT2D eigenvalue weighted by Gasteiger charge is -2.35. The molecule has 8 heteroatoms. The predicted molar refractivity (Wildman–Crippen MR) is 105 cm³/mol. The monoisotopic (exact) mass is 408 g/mol. The van der Waals surface area contributed by atoms with E-state index in [0.717, 1.165) is 19.6 Å². The Morgan fingerprint density at radius 3 is 2.43 bits per heavy atom. The van der Waals surface area contributed by atoms with Crippen molar-refractivity contribution in [3.05, 3.63) is 35.9 Å². The second kappa shape index (κ2) is 9.05. The number of sulfone groups is 1. The van der Waals surface area contributed by atoms with Crippen LogP contribution in [0.5, 0.6) is 0 Å². The predicted octanol–water partition coefficient (Wildman–Crippen LogP) is 1.09. The van der Waals surface area contributed by atoms with Gasteiger partial charge in [-0.05, 0) is 24.8 Å². The fourth-order valence-electron chi connectivity index (χ4n) is 3.79. The first-order valence-electron chi connectivity index (χ1n) is 9.77. The molecule has 0 aliphatic carbocycles. The molecule has 2 saturated heterocycles. The van der Waals surface area contributed by atoms with E-state index < -0.39 is 21.9 Å². The summed E-state index contributed by atoms with van der Waals surface area (Å²) in [6.07, 6.45) is -0.295.